The van der Waals surface area contributed by atoms with Crippen LogP contribution in [0.2, 0.25) is 0 Å². The number of ether oxygens (including phenoxy) is 1. The number of nitrogens with one attached hydrogen (secondary N) is 1. The van der Waals surface area contributed by atoms with Crippen LogP contribution in [0.25, 0.3) is 11.0 Å². The van der Waals surface area contributed by atoms with Gasteiger partial charge in [-0.25, -0.2) is 9.82 Å². The molecule has 5 heteroatoms. The van der Waals surface area contributed by atoms with Gasteiger partial charge >= 0.3 is 0 Å². The van der Waals surface area contributed by atoms with Crippen molar-refractivity contribution in [2.45, 2.75) is 19.1 Å². The molecular formula is C12H15FN2O2. The van der Waals surface area contributed by atoms with Crippen LogP contribution in [0.5, 0.6) is 0 Å². The van der Waals surface area contributed by atoms with Crippen molar-refractivity contribution < 1.29 is 13.5 Å². The van der Waals surface area contributed by atoms with E-state index in [0.717, 1.165) is 0 Å². The van der Waals surface area contributed by atoms with E-state index in [9.17, 15) is 4.39 Å². The van der Waals surface area contributed by atoms with Crippen molar-refractivity contribution in [2.75, 3.05) is 7.11 Å². The SMILES string of the molecule is COC(C)C(NN)c1cc2cc(F)ccc2o1. The molecule has 2 atom stereocenters. The van der Waals surface area contributed by atoms with E-state index in [1.54, 1.807) is 19.2 Å². The van der Waals surface area contributed by atoms with Crippen molar-refractivity contribution in [1.82, 2.24) is 5.43 Å². The number of rotatable bonds is 4. The summed E-state index contributed by atoms with van der Waals surface area (Å²) in [5.41, 5.74) is 3.26. The lowest BCUT2D eigenvalue weighted by Crippen LogP contribution is -2.35. The second-order valence-corrected chi connectivity index (χ2v) is 3.92. The first-order chi connectivity index (χ1) is 8.15. The number of hydrazine groups is 1. The minimum atomic E-state index is -0.290. The highest BCUT2D eigenvalue weighted by Crippen LogP contribution is 2.26. The second kappa shape index (κ2) is 4.83. The van der Waals surface area contributed by atoms with Crippen molar-refractivity contribution in [2.24, 2.45) is 5.84 Å². The molecular weight excluding hydrogens is 223 g/mol. The molecule has 0 spiro atoms. The van der Waals surface area contributed by atoms with Gasteiger partial charge in [-0.2, -0.15) is 0 Å². The van der Waals surface area contributed by atoms with Gasteiger partial charge in [-0.3, -0.25) is 5.84 Å². The van der Waals surface area contributed by atoms with Crippen LogP contribution in [0.4, 0.5) is 4.39 Å². The predicted molar refractivity (Wildman–Crippen MR) is 62.7 cm³/mol. The fourth-order valence-corrected chi connectivity index (χ4v) is 1.77. The van der Waals surface area contributed by atoms with E-state index in [1.165, 1.54) is 12.1 Å². The molecule has 0 fully saturated rings. The van der Waals surface area contributed by atoms with Crippen molar-refractivity contribution >= 4 is 11.0 Å². The van der Waals surface area contributed by atoms with Crippen LogP contribution in [-0.4, -0.2) is 13.2 Å². The predicted octanol–water partition coefficient (Wildman–Crippen LogP) is 2.11. The number of hydrogen-bond acceptors (Lipinski definition) is 4. The molecule has 1 heterocycles. The molecule has 0 saturated heterocycles. The van der Waals surface area contributed by atoms with Crippen molar-refractivity contribution in [3.05, 3.63) is 35.8 Å². The zero-order valence-corrected chi connectivity index (χ0v) is 9.74. The lowest BCUT2D eigenvalue weighted by Gasteiger charge is -2.19. The highest BCUT2D eigenvalue weighted by molar-refractivity contribution is 5.78. The first-order valence-electron chi connectivity index (χ1n) is 5.33. The van der Waals surface area contributed by atoms with Gasteiger partial charge in [0.05, 0.1) is 6.10 Å². The molecule has 0 radical (unpaired) electrons. The van der Waals surface area contributed by atoms with Gasteiger partial charge in [0.25, 0.3) is 0 Å². The number of fused-ring (bicyclic) bond motifs is 1. The molecule has 0 saturated carbocycles. The van der Waals surface area contributed by atoms with E-state index in [1.807, 2.05) is 6.92 Å². The molecule has 2 aromatic rings. The van der Waals surface area contributed by atoms with Crippen LogP contribution < -0.4 is 11.3 Å². The van der Waals surface area contributed by atoms with E-state index >= 15 is 0 Å². The summed E-state index contributed by atoms with van der Waals surface area (Å²) in [5.74, 6) is 5.81. The molecule has 92 valence electrons. The maximum atomic E-state index is 13.0. The third kappa shape index (κ3) is 2.31. The molecule has 0 amide bonds. The molecule has 4 nitrogen and oxygen atoms in total. The smallest absolute Gasteiger partial charge is 0.134 e. The van der Waals surface area contributed by atoms with Crippen LogP contribution in [-0.2, 0) is 4.74 Å². The van der Waals surface area contributed by atoms with Gasteiger partial charge in [-0.05, 0) is 31.2 Å². The average molecular weight is 238 g/mol. The molecule has 0 aliphatic rings. The summed E-state index contributed by atoms with van der Waals surface area (Å²) in [4.78, 5) is 0. The minimum Gasteiger partial charge on any atom is -0.459 e. The molecule has 3 N–H and O–H groups in total. The molecule has 2 rings (SSSR count). The molecule has 2 unspecified atom stereocenters. The minimum absolute atomic E-state index is 0.148. The summed E-state index contributed by atoms with van der Waals surface area (Å²) in [6.07, 6.45) is -0.148. The summed E-state index contributed by atoms with van der Waals surface area (Å²) in [7, 11) is 1.59. The van der Waals surface area contributed by atoms with E-state index in [-0.39, 0.29) is 18.0 Å². The highest BCUT2D eigenvalue weighted by Gasteiger charge is 2.21. The molecule has 0 aliphatic carbocycles. The third-order valence-corrected chi connectivity index (χ3v) is 2.82. The van der Waals surface area contributed by atoms with Crippen LogP contribution in [0.15, 0.2) is 28.7 Å². The van der Waals surface area contributed by atoms with Gasteiger partial charge in [0.2, 0.25) is 0 Å². The molecule has 1 aromatic carbocycles. The van der Waals surface area contributed by atoms with Crippen LogP contribution in [0.1, 0.15) is 18.7 Å². The molecule has 0 aliphatic heterocycles. The average Bonchev–Trinajstić information content (AvgIpc) is 2.72. The van der Waals surface area contributed by atoms with E-state index < -0.39 is 0 Å². The van der Waals surface area contributed by atoms with Gasteiger partial charge in [-0.15, -0.1) is 0 Å². The normalized spacial score (nSPS) is 15.1. The Labute approximate surface area is 98.5 Å². The van der Waals surface area contributed by atoms with Crippen molar-refractivity contribution in [3.8, 4) is 0 Å². The fourth-order valence-electron chi connectivity index (χ4n) is 1.77. The number of hydrogen-bond donors (Lipinski definition) is 2. The Balaban J connectivity index is 2.41. The molecule has 0 bridgehead atoms. The molecule has 17 heavy (non-hydrogen) atoms. The lowest BCUT2D eigenvalue weighted by molar-refractivity contribution is 0.0761. The zero-order chi connectivity index (χ0) is 12.4. The van der Waals surface area contributed by atoms with Crippen molar-refractivity contribution in [1.29, 1.82) is 0 Å². The Kier molecular flexibility index (Phi) is 3.42. The lowest BCUT2D eigenvalue weighted by atomic mass is 10.1. The highest BCUT2D eigenvalue weighted by atomic mass is 19.1. The Morgan fingerprint density at radius 3 is 2.82 bits per heavy atom. The van der Waals surface area contributed by atoms with Gasteiger partial charge in [0, 0.05) is 12.5 Å². The maximum Gasteiger partial charge on any atom is 0.134 e. The Morgan fingerprint density at radius 1 is 1.41 bits per heavy atom. The number of nitrogens with two attached hydrogens (primary N) is 1. The van der Waals surface area contributed by atoms with E-state index in [2.05, 4.69) is 5.43 Å². The number of benzene rings is 1. The van der Waals surface area contributed by atoms with E-state index in [0.29, 0.717) is 16.7 Å². The summed E-state index contributed by atoms with van der Waals surface area (Å²) in [6, 6.07) is 5.88. The van der Waals surface area contributed by atoms with Gasteiger partial charge in [0.15, 0.2) is 0 Å². The monoisotopic (exact) mass is 238 g/mol. The van der Waals surface area contributed by atoms with Crippen LogP contribution in [0.3, 0.4) is 0 Å². The van der Waals surface area contributed by atoms with Crippen LogP contribution in [0, 0.1) is 5.82 Å². The number of methoxy groups -OCH3 is 1. The largest absolute Gasteiger partial charge is 0.459 e. The summed E-state index contributed by atoms with van der Waals surface area (Å²) in [6.45, 7) is 1.87. The number of furan rings is 1. The van der Waals surface area contributed by atoms with Gasteiger partial charge < -0.3 is 9.15 Å². The summed E-state index contributed by atoms with van der Waals surface area (Å²) >= 11 is 0. The summed E-state index contributed by atoms with van der Waals surface area (Å²) < 4.78 is 23.9. The second-order valence-electron chi connectivity index (χ2n) is 3.92. The van der Waals surface area contributed by atoms with Crippen LogP contribution >= 0.6 is 0 Å². The zero-order valence-electron chi connectivity index (χ0n) is 9.74. The quantitative estimate of drug-likeness (QED) is 0.632. The Hall–Kier alpha value is -1.43. The Morgan fingerprint density at radius 2 is 2.18 bits per heavy atom. The third-order valence-electron chi connectivity index (χ3n) is 2.82. The van der Waals surface area contributed by atoms with Gasteiger partial charge in [0.1, 0.15) is 23.2 Å². The van der Waals surface area contributed by atoms with E-state index in [4.69, 9.17) is 15.0 Å². The number of halogens is 1. The molecule has 1 aromatic heterocycles. The topological polar surface area (TPSA) is 60.4 Å². The maximum absolute atomic E-state index is 13.0. The standard InChI is InChI=1S/C12H15FN2O2/c1-7(16-2)12(15-14)11-6-8-5-9(13)3-4-10(8)17-11/h3-7,12,15H,14H2,1-2H3. The first-order valence-corrected chi connectivity index (χ1v) is 5.33. The van der Waals surface area contributed by atoms with Crippen molar-refractivity contribution in [3.63, 3.8) is 0 Å². The Bertz CT molecular complexity index is 512. The fraction of sp³-hybridized carbons (Fsp3) is 0.333. The van der Waals surface area contributed by atoms with Gasteiger partial charge in [-0.1, -0.05) is 0 Å². The summed E-state index contributed by atoms with van der Waals surface area (Å²) in [5, 5.41) is 0.712. The first kappa shape index (κ1) is 12.0.